The van der Waals surface area contributed by atoms with Gasteiger partial charge in [0.25, 0.3) is 0 Å². The summed E-state index contributed by atoms with van der Waals surface area (Å²) in [7, 11) is 0. The summed E-state index contributed by atoms with van der Waals surface area (Å²) in [5.41, 5.74) is 3.76. The minimum absolute atomic E-state index is 0.0721. The molecule has 2 heterocycles. The SMILES string of the molecule is Cc1ccc([C@@H](c2nnnn2Cc2ccccc2)N2CCN(C3CCCCC3)CC2)cc1. The van der Waals surface area contributed by atoms with Crippen LogP contribution in [-0.4, -0.2) is 62.2 Å². The molecule has 1 aliphatic heterocycles. The van der Waals surface area contributed by atoms with Gasteiger partial charge >= 0.3 is 0 Å². The van der Waals surface area contributed by atoms with Crippen molar-refractivity contribution in [3.63, 3.8) is 0 Å². The van der Waals surface area contributed by atoms with Gasteiger partial charge < -0.3 is 0 Å². The lowest BCUT2D eigenvalue weighted by Gasteiger charge is -2.43. The standard InChI is InChI=1S/C26H34N6/c1-21-12-14-23(15-13-21)25(26-27-28-29-32(26)20-22-8-4-2-5-9-22)31-18-16-30(17-19-31)24-10-6-3-7-11-24/h2,4-5,8-9,12-15,24-25H,3,6-7,10-11,16-20H2,1H3/t25-/m0/s1. The Labute approximate surface area is 191 Å². The molecule has 0 amide bonds. The van der Waals surface area contributed by atoms with Crippen molar-refractivity contribution in [1.29, 1.82) is 0 Å². The van der Waals surface area contributed by atoms with Crippen molar-refractivity contribution in [2.45, 2.75) is 57.7 Å². The molecule has 5 rings (SSSR count). The molecule has 1 aliphatic carbocycles. The van der Waals surface area contributed by atoms with Gasteiger partial charge in [-0.3, -0.25) is 9.80 Å². The molecule has 0 N–H and O–H groups in total. The molecule has 0 radical (unpaired) electrons. The molecule has 0 bridgehead atoms. The fraction of sp³-hybridized carbons (Fsp3) is 0.500. The Morgan fingerprint density at radius 2 is 1.59 bits per heavy atom. The lowest BCUT2D eigenvalue weighted by atomic mass is 9.93. The Balaban J connectivity index is 1.39. The number of benzene rings is 2. The quantitative estimate of drug-likeness (QED) is 0.590. The highest BCUT2D eigenvalue weighted by atomic mass is 15.6. The first-order valence-corrected chi connectivity index (χ1v) is 12.1. The van der Waals surface area contributed by atoms with Gasteiger partial charge in [-0.2, -0.15) is 0 Å². The van der Waals surface area contributed by atoms with Crippen molar-refractivity contribution in [2.75, 3.05) is 26.2 Å². The third-order valence-electron chi connectivity index (χ3n) is 7.18. The zero-order chi connectivity index (χ0) is 21.8. The normalized spacial score (nSPS) is 19.8. The highest BCUT2D eigenvalue weighted by molar-refractivity contribution is 5.29. The number of nitrogens with zero attached hydrogens (tertiary/aromatic N) is 6. The van der Waals surface area contributed by atoms with Crippen LogP contribution in [0.4, 0.5) is 0 Å². The van der Waals surface area contributed by atoms with Crippen LogP contribution in [0.5, 0.6) is 0 Å². The summed E-state index contributed by atoms with van der Waals surface area (Å²) in [5, 5.41) is 13.0. The summed E-state index contributed by atoms with van der Waals surface area (Å²) in [6, 6.07) is 20.2. The van der Waals surface area contributed by atoms with Gasteiger partial charge in [-0.1, -0.05) is 79.4 Å². The Hall–Kier alpha value is -2.57. The highest BCUT2D eigenvalue weighted by Crippen LogP contribution is 2.30. The number of rotatable bonds is 6. The van der Waals surface area contributed by atoms with E-state index in [0.717, 1.165) is 38.0 Å². The summed E-state index contributed by atoms with van der Waals surface area (Å²) in [4.78, 5) is 5.31. The second-order valence-electron chi connectivity index (χ2n) is 9.36. The maximum absolute atomic E-state index is 4.54. The van der Waals surface area contributed by atoms with Crippen molar-refractivity contribution in [3.8, 4) is 0 Å². The lowest BCUT2D eigenvalue weighted by Crippen LogP contribution is -2.52. The summed E-state index contributed by atoms with van der Waals surface area (Å²) in [6.45, 7) is 7.19. The molecule has 6 nitrogen and oxygen atoms in total. The Kier molecular flexibility index (Phi) is 6.60. The van der Waals surface area contributed by atoms with Gasteiger partial charge in [-0.05, 0) is 41.3 Å². The number of piperazine rings is 1. The van der Waals surface area contributed by atoms with E-state index < -0.39 is 0 Å². The van der Waals surface area contributed by atoms with Crippen molar-refractivity contribution in [1.82, 2.24) is 30.0 Å². The monoisotopic (exact) mass is 430 g/mol. The largest absolute Gasteiger partial charge is 0.298 e. The van der Waals surface area contributed by atoms with Crippen LogP contribution >= 0.6 is 0 Å². The molecule has 32 heavy (non-hydrogen) atoms. The van der Waals surface area contributed by atoms with E-state index >= 15 is 0 Å². The second kappa shape index (κ2) is 9.92. The van der Waals surface area contributed by atoms with Crippen LogP contribution in [0, 0.1) is 6.92 Å². The second-order valence-corrected chi connectivity index (χ2v) is 9.36. The molecule has 0 spiro atoms. The van der Waals surface area contributed by atoms with Crippen molar-refractivity contribution < 1.29 is 0 Å². The zero-order valence-electron chi connectivity index (χ0n) is 19.1. The summed E-state index contributed by atoms with van der Waals surface area (Å²) in [6.07, 6.45) is 6.94. The smallest absolute Gasteiger partial charge is 0.173 e. The molecule has 1 saturated heterocycles. The van der Waals surface area contributed by atoms with E-state index in [-0.39, 0.29) is 6.04 Å². The molecular weight excluding hydrogens is 396 g/mol. The Bertz CT molecular complexity index is 969. The van der Waals surface area contributed by atoms with E-state index in [0.29, 0.717) is 6.54 Å². The lowest BCUT2D eigenvalue weighted by molar-refractivity contribution is 0.0620. The third-order valence-corrected chi connectivity index (χ3v) is 7.18. The van der Waals surface area contributed by atoms with Gasteiger partial charge in [0.15, 0.2) is 5.82 Å². The molecule has 2 fully saturated rings. The van der Waals surface area contributed by atoms with Crippen molar-refractivity contribution in [3.05, 3.63) is 77.1 Å². The molecule has 1 aromatic heterocycles. The molecule has 2 aliphatic rings. The van der Waals surface area contributed by atoms with Gasteiger partial charge in [-0.15, -0.1) is 5.10 Å². The fourth-order valence-corrected chi connectivity index (χ4v) is 5.36. The van der Waals surface area contributed by atoms with Gasteiger partial charge in [0, 0.05) is 32.2 Å². The molecule has 1 saturated carbocycles. The maximum atomic E-state index is 4.54. The first-order valence-electron chi connectivity index (χ1n) is 12.1. The molecule has 2 aromatic carbocycles. The molecule has 6 heteroatoms. The average molecular weight is 431 g/mol. The topological polar surface area (TPSA) is 50.1 Å². The van der Waals surface area contributed by atoms with E-state index in [9.17, 15) is 0 Å². The van der Waals surface area contributed by atoms with E-state index in [1.165, 1.54) is 48.8 Å². The van der Waals surface area contributed by atoms with E-state index in [2.05, 4.69) is 80.8 Å². The highest BCUT2D eigenvalue weighted by Gasteiger charge is 2.32. The zero-order valence-corrected chi connectivity index (χ0v) is 19.1. The van der Waals surface area contributed by atoms with Crippen molar-refractivity contribution >= 4 is 0 Å². The first-order chi connectivity index (χ1) is 15.8. The van der Waals surface area contributed by atoms with Gasteiger partial charge in [0.2, 0.25) is 0 Å². The van der Waals surface area contributed by atoms with E-state index in [1.54, 1.807) is 0 Å². The van der Waals surface area contributed by atoms with E-state index in [4.69, 9.17) is 0 Å². The first kappa shape index (κ1) is 21.3. The molecular formula is C26H34N6. The van der Waals surface area contributed by atoms with Crippen LogP contribution in [0.15, 0.2) is 54.6 Å². The Morgan fingerprint density at radius 3 is 2.31 bits per heavy atom. The number of tetrazole rings is 1. The summed E-state index contributed by atoms with van der Waals surface area (Å²) in [5.74, 6) is 0.934. The minimum atomic E-state index is 0.0721. The van der Waals surface area contributed by atoms with Crippen LogP contribution in [0.1, 0.15) is 60.7 Å². The van der Waals surface area contributed by atoms with Gasteiger partial charge in [0.05, 0.1) is 12.6 Å². The van der Waals surface area contributed by atoms with E-state index in [1.807, 2.05) is 10.7 Å². The summed E-state index contributed by atoms with van der Waals surface area (Å²) >= 11 is 0. The van der Waals surface area contributed by atoms with Crippen LogP contribution in [0.2, 0.25) is 0 Å². The van der Waals surface area contributed by atoms with Crippen LogP contribution < -0.4 is 0 Å². The summed E-state index contributed by atoms with van der Waals surface area (Å²) < 4.78 is 1.98. The molecule has 3 aromatic rings. The van der Waals surface area contributed by atoms with Gasteiger partial charge in [-0.25, -0.2) is 4.68 Å². The third kappa shape index (κ3) is 4.76. The van der Waals surface area contributed by atoms with Crippen LogP contribution in [0.3, 0.4) is 0 Å². The minimum Gasteiger partial charge on any atom is -0.298 e. The predicted octanol–water partition coefficient (Wildman–Crippen LogP) is 4.07. The number of hydrogen-bond acceptors (Lipinski definition) is 5. The molecule has 0 unspecified atom stereocenters. The average Bonchev–Trinajstić information content (AvgIpc) is 3.30. The van der Waals surface area contributed by atoms with Crippen LogP contribution in [0.25, 0.3) is 0 Å². The van der Waals surface area contributed by atoms with Crippen LogP contribution in [-0.2, 0) is 6.54 Å². The number of hydrogen-bond donors (Lipinski definition) is 0. The Morgan fingerprint density at radius 1 is 0.875 bits per heavy atom. The van der Waals surface area contributed by atoms with Gasteiger partial charge in [0.1, 0.15) is 0 Å². The van der Waals surface area contributed by atoms with Crippen molar-refractivity contribution in [2.24, 2.45) is 0 Å². The number of aromatic nitrogens is 4. The molecule has 168 valence electrons. The maximum Gasteiger partial charge on any atom is 0.173 e. The number of aryl methyl sites for hydroxylation is 1. The molecule has 1 atom stereocenters. The fourth-order valence-electron chi connectivity index (χ4n) is 5.36. The predicted molar refractivity (Wildman–Crippen MR) is 126 cm³/mol.